The predicted molar refractivity (Wildman–Crippen MR) is 84.2 cm³/mol. The van der Waals surface area contributed by atoms with Crippen molar-refractivity contribution in [3.63, 3.8) is 0 Å². The smallest absolute Gasteiger partial charge is 0.264 e. The van der Waals surface area contributed by atoms with Crippen LogP contribution in [0, 0.1) is 28.1 Å². The lowest BCUT2D eigenvalue weighted by Gasteiger charge is -2.21. The van der Waals surface area contributed by atoms with Crippen molar-refractivity contribution in [2.24, 2.45) is 5.41 Å². The van der Waals surface area contributed by atoms with E-state index in [9.17, 15) is 15.3 Å². The zero-order valence-electron chi connectivity index (χ0n) is 11.8. The van der Waals surface area contributed by atoms with Gasteiger partial charge in [0, 0.05) is 5.69 Å². The molecule has 0 bridgehead atoms. The summed E-state index contributed by atoms with van der Waals surface area (Å²) in [7, 11) is 0. The molecule has 0 aliphatic heterocycles. The highest BCUT2D eigenvalue weighted by molar-refractivity contribution is 6.08. The Hall–Kier alpha value is -3.37. The Balaban J connectivity index is 2.37. The maximum absolute atomic E-state index is 12.5. The average Bonchev–Trinajstić information content (AvgIpc) is 2.58. The third-order valence-electron chi connectivity index (χ3n) is 3.28. The van der Waals surface area contributed by atoms with Crippen LogP contribution in [0.15, 0.2) is 67.2 Å². The van der Waals surface area contributed by atoms with Gasteiger partial charge >= 0.3 is 0 Å². The second-order valence-electron chi connectivity index (χ2n) is 4.64. The lowest BCUT2D eigenvalue weighted by atomic mass is 9.79. The molecule has 0 radical (unpaired) electrons. The lowest BCUT2D eigenvalue weighted by molar-refractivity contribution is -0.118. The van der Waals surface area contributed by atoms with E-state index in [2.05, 4.69) is 11.9 Å². The first kappa shape index (κ1) is 15.0. The first-order chi connectivity index (χ1) is 10.6. The molecule has 0 saturated carbocycles. The molecule has 1 N–H and O–H groups in total. The Kier molecular flexibility index (Phi) is 4.36. The molecule has 0 aliphatic carbocycles. The number of carbonyl (C=O) groups excluding carboxylic acids is 1. The van der Waals surface area contributed by atoms with Crippen molar-refractivity contribution >= 4 is 17.2 Å². The van der Waals surface area contributed by atoms with Crippen molar-refractivity contribution < 1.29 is 4.79 Å². The van der Waals surface area contributed by atoms with Crippen LogP contribution in [0.5, 0.6) is 0 Å². The lowest BCUT2D eigenvalue weighted by Crippen LogP contribution is -2.34. The largest absolute Gasteiger partial charge is 0.323 e. The second-order valence-corrected chi connectivity index (χ2v) is 4.64. The van der Waals surface area contributed by atoms with Crippen LogP contribution in [0.4, 0.5) is 5.69 Å². The van der Waals surface area contributed by atoms with Gasteiger partial charge in [0.25, 0.3) is 5.91 Å². The molecule has 0 heterocycles. The number of nitriles is 2. The van der Waals surface area contributed by atoms with Gasteiger partial charge in [-0.3, -0.25) is 4.79 Å². The van der Waals surface area contributed by atoms with Gasteiger partial charge in [-0.25, -0.2) is 0 Å². The molecule has 0 unspecified atom stereocenters. The topological polar surface area (TPSA) is 76.7 Å². The summed E-state index contributed by atoms with van der Waals surface area (Å²) in [6, 6.07) is 21.0. The zero-order chi connectivity index (χ0) is 16.0. The van der Waals surface area contributed by atoms with E-state index >= 15 is 0 Å². The first-order valence-corrected chi connectivity index (χ1v) is 6.58. The van der Waals surface area contributed by atoms with Crippen LogP contribution >= 0.6 is 0 Å². The number of anilines is 1. The summed E-state index contributed by atoms with van der Waals surface area (Å²) in [6.07, 6.45) is 0. The molecule has 106 valence electrons. The Bertz CT molecular complexity index is 753. The number of nitrogens with zero attached hydrogens (tertiary/aromatic N) is 2. The molecule has 4 nitrogen and oxygen atoms in total. The quantitative estimate of drug-likeness (QED) is 0.936. The van der Waals surface area contributed by atoms with Gasteiger partial charge in [-0.1, -0.05) is 55.1 Å². The normalized spacial score (nSPS) is 10.1. The van der Waals surface area contributed by atoms with E-state index in [0.29, 0.717) is 11.3 Å². The van der Waals surface area contributed by atoms with Crippen LogP contribution in [0.25, 0.3) is 5.57 Å². The number of hydrogen-bond acceptors (Lipinski definition) is 3. The molecule has 1 amide bonds. The SMILES string of the molecule is C=C(c1ccccc1)C(C#N)(C#N)C(=O)Nc1ccccc1. The van der Waals surface area contributed by atoms with Crippen molar-refractivity contribution in [3.05, 3.63) is 72.8 Å². The molecular weight excluding hydrogens is 274 g/mol. The molecule has 0 aromatic heterocycles. The molecule has 2 rings (SSSR count). The summed E-state index contributed by atoms with van der Waals surface area (Å²) in [6.45, 7) is 3.80. The monoisotopic (exact) mass is 287 g/mol. The van der Waals surface area contributed by atoms with Gasteiger partial charge in [0.15, 0.2) is 0 Å². The molecule has 0 spiro atoms. The minimum absolute atomic E-state index is 0.159. The number of benzene rings is 2. The van der Waals surface area contributed by atoms with Crippen molar-refractivity contribution in [1.29, 1.82) is 10.5 Å². The van der Waals surface area contributed by atoms with Crippen molar-refractivity contribution in [2.75, 3.05) is 5.32 Å². The van der Waals surface area contributed by atoms with Crippen molar-refractivity contribution in [3.8, 4) is 12.1 Å². The van der Waals surface area contributed by atoms with Gasteiger partial charge < -0.3 is 5.32 Å². The molecule has 0 saturated heterocycles. The van der Waals surface area contributed by atoms with E-state index in [1.807, 2.05) is 12.1 Å². The Morgan fingerprint density at radius 3 is 1.95 bits per heavy atom. The van der Waals surface area contributed by atoms with Crippen LogP contribution in [0.2, 0.25) is 0 Å². The third-order valence-corrected chi connectivity index (χ3v) is 3.28. The number of hydrogen-bond donors (Lipinski definition) is 1. The molecule has 0 fully saturated rings. The van der Waals surface area contributed by atoms with Gasteiger partial charge in [-0.05, 0) is 23.3 Å². The fourth-order valence-corrected chi connectivity index (χ4v) is 2.00. The molecule has 22 heavy (non-hydrogen) atoms. The Morgan fingerprint density at radius 2 is 1.45 bits per heavy atom. The van der Waals surface area contributed by atoms with Crippen LogP contribution in [0.3, 0.4) is 0 Å². The number of para-hydroxylation sites is 1. The van der Waals surface area contributed by atoms with Crippen LogP contribution in [-0.4, -0.2) is 5.91 Å². The fourth-order valence-electron chi connectivity index (χ4n) is 2.00. The summed E-state index contributed by atoms with van der Waals surface area (Å²) in [5, 5.41) is 21.5. The van der Waals surface area contributed by atoms with Crippen molar-refractivity contribution in [1.82, 2.24) is 0 Å². The molecular formula is C18H13N3O. The third kappa shape index (κ3) is 2.72. The minimum Gasteiger partial charge on any atom is -0.323 e. The summed E-state index contributed by atoms with van der Waals surface area (Å²) < 4.78 is 0. The summed E-state index contributed by atoms with van der Waals surface area (Å²) in [4.78, 5) is 12.5. The van der Waals surface area contributed by atoms with E-state index in [1.165, 1.54) is 0 Å². The summed E-state index contributed by atoms with van der Waals surface area (Å²) in [5.74, 6) is -0.711. The van der Waals surface area contributed by atoms with Crippen molar-refractivity contribution in [2.45, 2.75) is 0 Å². The van der Waals surface area contributed by atoms with Crippen LogP contribution < -0.4 is 5.32 Å². The van der Waals surface area contributed by atoms with E-state index < -0.39 is 11.3 Å². The zero-order valence-corrected chi connectivity index (χ0v) is 11.8. The van der Waals surface area contributed by atoms with Gasteiger partial charge in [0.05, 0.1) is 12.1 Å². The van der Waals surface area contributed by atoms with Gasteiger partial charge in [-0.2, -0.15) is 10.5 Å². The maximum Gasteiger partial charge on any atom is 0.264 e. The summed E-state index contributed by atoms with van der Waals surface area (Å²) >= 11 is 0. The van der Waals surface area contributed by atoms with Crippen LogP contribution in [0.1, 0.15) is 5.56 Å². The molecule has 2 aromatic carbocycles. The number of carbonyl (C=O) groups is 1. The van der Waals surface area contributed by atoms with Gasteiger partial charge in [0.1, 0.15) is 0 Å². The Morgan fingerprint density at radius 1 is 0.955 bits per heavy atom. The molecule has 0 atom stereocenters. The van der Waals surface area contributed by atoms with E-state index in [4.69, 9.17) is 0 Å². The molecule has 2 aromatic rings. The minimum atomic E-state index is -1.98. The fraction of sp³-hybridized carbons (Fsp3) is 0.0556. The summed E-state index contributed by atoms with van der Waals surface area (Å²) in [5.41, 5.74) is -0.722. The molecule has 4 heteroatoms. The highest BCUT2D eigenvalue weighted by Crippen LogP contribution is 2.34. The van der Waals surface area contributed by atoms with E-state index in [0.717, 1.165) is 0 Å². The van der Waals surface area contributed by atoms with Gasteiger partial charge in [-0.15, -0.1) is 0 Å². The van der Waals surface area contributed by atoms with Crippen LogP contribution in [-0.2, 0) is 4.79 Å². The number of nitrogens with one attached hydrogen (secondary N) is 1. The molecule has 0 aliphatic rings. The first-order valence-electron chi connectivity index (χ1n) is 6.58. The average molecular weight is 287 g/mol. The highest BCUT2D eigenvalue weighted by Gasteiger charge is 2.43. The predicted octanol–water partition coefficient (Wildman–Crippen LogP) is 3.37. The standard InChI is InChI=1S/C18H13N3O/c1-14(15-8-4-2-5-9-15)18(12-19,13-20)17(22)21-16-10-6-3-7-11-16/h2-11H,1H2,(H,21,22). The van der Waals surface area contributed by atoms with Gasteiger partial charge in [0.2, 0.25) is 5.41 Å². The highest BCUT2D eigenvalue weighted by atomic mass is 16.2. The second kappa shape index (κ2) is 6.39. The van der Waals surface area contributed by atoms with E-state index in [-0.39, 0.29) is 5.57 Å². The maximum atomic E-state index is 12.5. The number of amides is 1. The Labute approximate surface area is 128 Å². The number of rotatable bonds is 4. The van der Waals surface area contributed by atoms with E-state index in [1.54, 1.807) is 60.7 Å².